The van der Waals surface area contributed by atoms with E-state index in [1.165, 1.54) is 0 Å². The predicted molar refractivity (Wildman–Crippen MR) is 27.0 cm³/mol. The molecule has 0 aliphatic heterocycles. The first-order valence-corrected chi connectivity index (χ1v) is 2.33. The normalized spacial score (nSPS) is 11.1. The van der Waals surface area contributed by atoms with Gasteiger partial charge >= 0.3 is 11.9 Å². The second-order valence-electron chi connectivity index (χ2n) is 1.52. The first-order valence-electron chi connectivity index (χ1n) is 2.33. The van der Waals surface area contributed by atoms with Gasteiger partial charge in [0.2, 0.25) is 0 Å². The van der Waals surface area contributed by atoms with E-state index in [9.17, 15) is 9.59 Å². The van der Waals surface area contributed by atoms with Gasteiger partial charge in [0, 0.05) is 17.1 Å². The molecule has 0 bridgehead atoms. The van der Waals surface area contributed by atoms with Crippen LogP contribution in [0.15, 0.2) is 0 Å². The molecule has 0 heterocycles. The van der Waals surface area contributed by atoms with Crippen molar-refractivity contribution in [3.05, 3.63) is 0 Å². The summed E-state index contributed by atoms with van der Waals surface area (Å²) in [5.74, 6) is -2.72. The van der Waals surface area contributed by atoms with Crippen molar-refractivity contribution in [2.45, 2.75) is 12.5 Å². The fourth-order valence-electron chi connectivity index (χ4n) is 0.310. The maximum atomic E-state index is 10.1. The minimum absolute atomic E-state index is 0. The van der Waals surface area contributed by atoms with E-state index in [1.54, 1.807) is 0 Å². The number of aliphatic hydroxyl groups excluding tert-OH is 1. The van der Waals surface area contributed by atoms with E-state index in [0.717, 1.165) is 0 Å². The van der Waals surface area contributed by atoms with Crippen LogP contribution in [0.25, 0.3) is 0 Å². The van der Waals surface area contributed by atoms with Gasteiger partial charge in [0.05, 0.1) is 6.42 Å². The van der Waals surface area contributed by atoms with Crippen molar-refractivity contribution in [2.75, 3.05) is 0 Å². The third-order valence-electron chi connectivity index (χ3n) is 0.730. The van der Waals surface area contributed by atoms with Gasteiger partial charge in [0.15, 0.2) is 6.10 Å². The summed E-state index contributed by atoms with van der Waals surface area (Å²) in [6.07, 6.45) is -2.58. The smallest absolute Gasteiger partial charge is 0.370 e. The van der Waals surface area contributed by atoms with Crippen molar-refractivity contribution >= 4 is 11.9 Å². The average Bonchev–Trinajstić information content (AvgIpc) is 1.85. The standard InChI is InChI=1S/C4H6O6.Fe/c5-2(1-3(6)7)4(8)10-9;/h2,5,9H,1H2,(H,6,7);. The van der Waals surface area contributed by atoms with Crippen LogP contribution in [0.1, 0.15) is 6.42 Å². The number of rotatable bonds is 3. The van der Waals surface area contributed by atoms with Gasteiger partial charge < -0.3 is 10.2 Å². The van der Waals surface area contributed by atoms with E-state index >= 15 is 0 Å². The largest absolute Gasteiger partial charge is 0.481 e. The Hall–Kier alpha value is -0.621. The van der Waals surface area contributed by atoms with Gasteiger partial charge in [-0.15, -0.1) is 0 Å². The van der Waals surface area contributed by atoms with Crippen LogP contribution in [-0.2, 0) is 31.5 Å². The van der Waals surface area contributed by atoms with Crippen LogP contribution in [0.4, 0.5) is 0 Å². The molecule has 0 aromatic carbocycles. The molecule has 0 fully saturated rings. The van der Waals surface area contributed by atoms with Gasteiger partial charge in [-0.25, -0.2) is 4.79 Å². The third-order valence-corrected chi connectivity index (χ3v) is 0.730. The molecule has 7 heteroatoms. The minimum atomic E-state index is -1.80. The summed E-state index contributed by atoms with van der Waals surface area (Å²) in [5.41, 5.74) is 0. The van der Waals surface area contributed by atoms with Crippen LogP contribution < -0.4 is 0 Å². The van der Waals surface area contributed by atoms with Gasteiger partial charge in [0.1, 0.15) is 0 Å². The first-order chi connectivity index (χ1) is 4.57. The third kappa shape index (κ3) is 5.81. The molecular formula is C4H6FeO6. The Morgan fingerprint density at radius 1 is 1.45 bits per heavy atom. The molecule has 3 N–H and O–H groups in total. The zero-order valence-electron chi connectivity index (χ0n) is 5.20. The van der Waals surface area contributed by atoms with Crippen LogP contribution in [0.2, 0.25) is 0 Å². The molecule has 66 valence electrons. The van der Waals surface area contributed by atoms with Crippen LogP contribution in [0.3, 0.4) is 0 Å². The fraction of sp³-hybridized carbons (Fsp3) is 0.500. The molecular weight excluding hydrogens is 200 g/mol. The van der Waals surface area contributed by atoms with Crippen molar-refractivity contribution in [3.8, 4) is 0 Å². The number of hydrogen-bond acceptors (Lipinski definition) is 5. The molecule has 0 aromatic rings. The number of carboxylic acid groups (broad SMARTS) is 1. The maximum absolute atomic E-state index is 10.1. The number of aliphatic hydroxyl groups is 1. The van der Waals surface area contributed by atoms with Crippen LogP contribution in [0, 0.1) is 0 Å². The molecule has 11 heavy (non-hydrogen) atoms. The molecule has 0 amide bonds. The molecule has 0 spiro atoms. The summed E-state index contributed by atoms with van der Waals surface area (Å²) < 4.78 is 0. The Bertz CT molecular complexity index is 146. The molecule has 1 atom stereocenters. The fourth-order valence-corrected chi connectivity index (χ4v) is 0.310. The van der Waals surface area contributed by atoms with Crippen molar-refractivity contribution in [2.24, 2.45) is 0 Å². The van der Waals surface area contributed by atoms with Gasteiger partial charge in [-0.1, -0.05) is 0 Å². The zero-order valence-corrected chi connectivity index (χ0v) is 6.31. The Morgan fingerprint density at radius 3 is 2.18 bits per heavy atom. The van der Waals surface area contributed by atoms with E-state index < -0.39 is 24.5 Å². The molecule has 0 aliphatic rings. The Balaban J connectivity index is 0. The zero-order chi connectivity index (χ0) is 8.15. The Kier molecular flexibility index (Phi) is 7.23. The molecule has 6 nitrogen and oxygen atoms in total. The molecule has 1 unspecified atom stereocenters. The van der Waals surface area contributed by atoms with Gasteiger partial charge in [-0.05, 0) is 0 Å². The van der Waals surface area contributed by atoms with Crippen molar-refractivity contribution in [3.63, 3.8) is 0 Å². The molecule has 0 aromatic heterocycles. The van der Waals surface area contributed by atoms with Crippen molar-refractivity contribution in [1.29, 1.82) is 0 Å². The van der Waals surface area contributed by atoms with Crippen LogP contribution in [0.5, 0.6) is 0 Å². The number of carbonyl (C=O) groups excluding carboxylic acids is 1. The quantitative estimate of drug-likeness (QED) is 0.305. The second kappa shape index (κ2) is 6.11. The summed E-state index contributed by atoms with van der Waals surface area (Å²) in [6.45, 7) is 0. The molecule has 0 radical (unpaired) electrons. The van der Waals surface area contributed by atoms with E-state index in [1.807, 2.05) is 0 Å². The summed E-state index contributed by atoms with van der Waals surface area (Å²) in [4.78, 5) is 22.9. The summed E-state index contributed by atoms with van der Waals surface area (Å²) >= 11 is 0. The van der Waals surface area contributed by atoms with Crippen LogP contribution in [-0.4, -0.2) is 33.5 Å². The second-order valence-corrected chi connectivity index (χ2v) is 1.52. The molecule has 0 saturated heterocycles. The average molecular weight is 206 g/mol. The van der Waals surface area contributed by atoms with E-state index in [2.05, 4.69) is 4.89 Å². The van der Waals surface area contributed by atoms with E-state index in [0.29, 0.717) is 0 Å². The summed E-state index contributed by atoms with van der Waals surface area (Å²) in [6, 6.07) is 0. The molecule has 0 rings (SSSR count). The maximum Gasteiger partial charge on any atom is 0.370 e. The van der Waals surface area contributed by atoms with Gasteiger partial charge in [-0.3, -0.25) is 9.68 Å². The minimum Gasteiger partial charge on any atom is -0.481 e. The predicted octanol–water partition coefficient (Wildman–Crippen LogP) is -1.16. The van der Waals surface area contributed by atoms with Gasteiger partial charge in [-0.2, -0.15) is 5.26 Å². The number of hydrogen-bond donors (Lipinski definition) is 3. The SMILES string of the molecule is O=C(O)CC(O)C(=O)OO.[Fe]. The molecule has 0 aliphatic carbocycles. The monoisotopic (exact) mass is 206 g/mol. The Morgan fingerprint density at radius 2 is 1.91 bits per heavy atom. The van der Waals surface area contributed by atoms with Crippen molar-refractivity contribution < 1.29 is 47.0 Å². The van der Waals surface area contributed by atoms with Crippen LogP contribution >= 0.6 is 0 Å². The first kappa shape index (κ1) is 13.0. The van der Waals surface area contributed by atoms with Gasteiger partial charge in [0.25, 0.3) is 0 Å². The number of carbonyl (C=O) groups is 2. The van der Waals surface area contributed by atoms with E-state index in [-0.39, 0.29) is 17.1 Å². The molecule has 0 saturated carbocycles. The van der Waals surface area contributed by atoms with Crippen molar-refractivity contribution in [1.82, 2.24) is 0 Å². The number of carboxylic acids is 1. The summed E-state index contributed by atoms with van der Waals surface area (Å²) in [7, 11) is 0. The summed E-state index contributed by atoms with van der Waals surface area (Å²) in [5, 5.41) is 24.1. The topological polar surface area (TPSA) is 104 Å². The Labute approximate surface area is 72.2 Å². The number of aliphatic carboxylic acids is 1. The van der Waals surface area contributed by atoms with E-state index in [4.69, 9.17) is 15.5 Å².